The maximum absolute atomic E-state index is 12.7. The largest absolute Gasteiger partial charge is 0.354 e. The molecule has 1 aromatic rings. The molecule has 0 unspecified atom stereocenters. The predicted octanol–water partition coefficient (Wildman–Crippen LogP) is 1.52. The van der Waals surface area contributed by atoms with Crippen molar-refractivity contribution in [3.05, 3.63) is 35.6 Å². The minimum atomic E-state index is -0.468. The van der Waals surface area contributed by atoms with Crippen molar-refractivity contribution in [3.8, 4) is 0 Å². The smallest absolute Gasteiger partial charge is 0.253 e. The SMILES string of the molecule is COC(CN(C)C(=O)c1ccc(F)cc1)OC. The molecule has 0 aromatic heterocycles. The number of nitrogens with zero attached hydrogens (tertiary/aromatic N) is 1. The van der Waals surface area contributed by atoms with Gasteiger partial charge in [-0.3, -0.25) is 4.79 Å². The molecule has 0 aliphatic carbocycles. The molecule has 0 heterocycles. The van der Waals surface area contributed by atoms with Gasteiger partial charge in [0.25, 0.3) is 5.91 Å². The third-order valence-electron chi connectivity index (χ3n) is 2.39. The molecule has 0 fully saturated rings. The number of hydrogen-bond donors (Lipinski definition) is 0. The third-order valence-corrected chi connectivity index (χ3v) is 2.39. The first-order valence-corrected chi connectivity index (χ1v) is 5.15. The van der Waals surface area contributed by atoms with Gasteiger partial charge >= 0.3 is 0 Å². The molecular formula is C12H16FNO3. The standard InChI is InChI=1S/C12H16FNO3/c1-14(8-11(16-2)17-3)12(15)9-4-6-10(13)7-5-9/h4-7,11H,8H2,1-3H3. The second kappa shape index (κ2) is 6.32. The van der Waals surface area contributed by atoms with Crippen LogP contribution in [0.5, 0.6) is 0 Å². The monoisotopic (exact) mass is 241 g/mol. The summed E-state index contributed by atoms with van der Waals surface area (Å²) in [5.41, 5.74) is 0.430. The van der Waals surface area contributed by atoms with Crippen molar-refractivity contribution in [2.45, 2.75) is 6.29 Å². The van der Waals surface area contributed by atoms with Crippen LogP contribution in [0.4, 0.5) is 4.39 Å². The lowest BCUT2D eigenvalue weighted by Gasteiger charge is -2.22. The van der Waals surface area contributed by atoms with E-state index in [2.05, 4.69) is 0 Å². The van der Waals surface area contributed by atoms with Gasteiger partial charge in [-0.25, -0.2) is 4.39 Å². The van der Waals surface area contributed by atoms with Crippen LogP contribution in [-0.4, -0.2) is 44.9 Å². The number of hydrogen-bond acceptors (Lipinski definition) is 3. The normalized spacial score (nSPS) is 10.6. The first-order chi connectivity index (χ1) is 8.08. The molecule has 0 aliphatic rings. The van der Waals surface area contributed by atoms with Gasteiger partial charge in [-0.2, -0.15) is 0 Å². The van der Waals surface area contributed by atoms with E-state index in [1.165, 1.54) is 43.4 Å². The second-order valence-electron chi connectivity index (χ2n) is 3.59. The van der Waals surface area contributed by atoms with Crippen LogP contribution in [0.3, 0.4) is 0 Å². The highest BCUT2D eigenvalue weighted by Gasteiger charge is 2.16. The topological polar surface area (TPSA) is 38.8 Å². The van der Waals surface area contributed by atoms with E-state index >= 15 is 0 Å². The van der Waals surface area contributed by atoms with Crippen molar-refractivity contribution in [1.82, 2.24) is 4.90 Å². The Labute approximate surface area is 99.9 Å². The Morgan fingerprint density at radius 2 is 1.82 bits per heavy atom. The second-order valence-corrected chi connectivity index (χ2v) is 3.59. The Hall–Kier alpha value is -1.46. The zero-order valence-corrected chi connectivity index (χ0v) is 10.1. The predicted molar refractivity (Wildman–Crippen MR) is 61.2 cm³/mol. The summed E-state index contributed by atoms with van der Waals surface area (Å²) in [5, 5.41) is 0. The van der Waals surface area contributed by atoms with Gasteiger partial charge in [0.15, 0.2) is 6.29 Å². The molecule has 4 nitrogen and oxygen atoms in total. The summed E-state index contributed by atoms with van der Waals surface area (Å²) in [6.07, 6.45) is -0.468. The Bertz CT molecular complexity index is 363. The minimum absolute atomic E-state index is 0.205. The number of benzene rings is 1. The number of carbonyl (C=O) groups excluding carboxylic acids is 1. The molecule has 0 saturated carbocycles. The molecule has 0 aliphatic heterocycles. The lowest BCUT2D eigenvalue weighted by atomic mass is 10.2. The van der Waals surface area contributed by atoms with Crippen molar-refractivity contribution in [3.63, 3.8) is 0 Å². The maximum atomic E-state index is 12.7. The van der Waals surface area contributed by atoms with Gasteiger partial charge in [0.1, 0.15) is 5.82 Å². The van der Waals surface area contributed by atoms with Crippen molar-refractivity contribution in [2.24, 2.45) is 0 Å². The number of likely N-dealkylation sites (N-methyl/N-ethyl adjacent to an activating group) is 1. The number of carbonyl (C=O) groups is 1. The number of methoxy groups -OCH3 is 2. The number of rotatable bonds is 5. The number of amides is 1. The van der Waals surface area contributed by atoms with Crippen molar-refractivity contribution in [1.29, 1.82) is 0 Å². The summed E-state index contributed by atoms with van der Waals surface area (Å²) in [5.74, 6) is -0.569. The molecule has 5 heteroatoms. The molecule has 0 atom stereocenters. The summed E-state index contributed by atoms with van der Waals surface area (Å²) >= 11 is 0. The molecule has 0 spiro atoms. The van der Waals surface area contributed by atoms with Gasteiger partial charge < -0.3 is 14.4 Å². The molecular weight excluding hydrogens is 225 g/mol. The lowest BCUT2D eigenvalue weighted by Crippen LogP contribution is -2.36. The van der Waals surface area contributed by atoms with Crippen LogP contribution in [0, 0.1) is 5.82 Å². The van der Waals surface area contributed by atoms with Crippen LogP contribution in [-0.2, 0) is 9.47 Å². The Balaban J connectivity index is 2.66. The molecule has 0 N–H and O–H groups in total. The van der Waals surface area contributed by atoms with Gasteiger partial charge in [-0.15, -0.1) is 0 Å². The third kappa shape index (κ3) is 3.80. The zero-order valence-electron chi connectivity index (χ0n) is 10.1. The maximum Gasteiger partial charge on any atom is 0.253 e. The molecule has 1 rings (SSSR count). The summed E-state index contributed by atoms with van der Waals surface area (Å²) in [7, 11) is 4.64. The number of halogens is 1. The van der Waals surface area contributed by atoms with E-state index in [0.29, 0.717) is 12.1 Å². The molecule has 0 saturated heterocycles. The summed E-state index contributed by atoms with van der Waals surface area (Å²) < 4.78 is 22.7. The molecule has 1 aromatic carbocycles. The lowest BCUT2D eigenvalue weighted by molar-refractivity contribution is -0.110. The Morgan fingerprint density at radius 1 is 1.29 bits per heavy atom. The fraction of sp³-hybridized carbons (Fsp3) is 0.417. The quantitative estimate of drug-likeness (QED) is 0.734. The fourth-order valence-electron chi connectivity index (χ4n) is 1.36. The van der Waals surface area contributed by atoms with E-state index < -0.39 is 6.29 Å². The molecule has 0 bridgehead atoms. The van der Waals surface area contributed by atoms with Crippen LogP contribution in [0.1, 0.15) is 10.4 Å². The van der Waals surface area contributed by atoms with E-state index in [0.717, 1.165) is 0 Å². The molecule has 1 amide bonds. The van der Waals surface area contributed by atoms with Gasteiger partial charge in [-0.05, 0) is 24.3 Å². The van der Waals surface area contributed by atoms with Crippen LogP contribution in [0.2, 0.25) is 0 Å². The van der Waals surface area contributed by atoms with E-state index in [-0.39, 0.29) is 11.7 Å². The van der Waals surface area contributed by atoms with Gasteiger partial charge in [-0.1, -0.05) is 0 Å². The average Bonchev–Trinajstić information content (AvgIpc) is 2.35. The van der Waals surface area contributed by atoms with Gasteiger partial charge in [0.2, 0.25) is 0 Å². The highest BCUT2D eigenvalue weighted by atomic mass is 19.1. The Kier molecular flexibility index (Phi) is 5.06. The molecule has 0 radical (unpaired) electrons. The van der Waals surface area contributed by atoms with Crippen LogP contribution >= 0.6 is 0 Å². The van der Waals surface area contributed by atoms with Crippen molar-refractivity contribution < 1.29 is 18.7 Å². The fourth-order valence-corrected chi connectivity index (χ4v) is 1.36. The number of ether oxygens (including phenoxy) is 2. The first-order valence-electron chi connectivity index (χ1n) is 5.15. The van der Waals surface area contributed by atoms with Gasteiger partial charge in [0, 0.05) is 26.8 Å². The van der Waals surface area contributed by atoms with E-state index in [4.69, 9.17) is 9.47 Å². The minimum Gasteiger partial charge on any atom is -0.354 e. The highest BCUT2D eigenvalue weighted by molar-refractivity contribution is 5.94. The average molecular weight is 241 g/mol. The Morgan fingerprint density at radius 3 is 2.29 bits per heavy atom. The van der Waals surface area contributed by atoms with Crippen molar-refractivity contribution >= 4 is 5.91 Å². The summed E-state index contributed by atoms with van der Waals surface area (Å²) in [4.78, 5) is 13.4. The zero-order chi connectivity index (χ0) is 12.8. The highest BCUT2D eigenvalue weighted by Crippen LogP contribution is 2.07. The van der Waals surface area contributed by atoms with Crippen LogP contribution in [0.25, 0.3) is 0 Å². The van der Waals surface area contributed by atoms with Gasteiger partial charge in [0.05, 0.1) is 6.54 Å². The molecule has 94 valence electrons. The van der Waals surface area contributed by atoms with E-state index in [1.807, 2.05) is 0 Å². The summed E-state index contributed by atoms with van der Waals surface area (Å²) in [6.45, 7) is 0.309. The van der Waals surface area contributed by atoms with Crippen LogP contribution < -0.4 is 0 Å². The first kappa shape index (κ1) is 13.6. The van der Waals surface area contributed by atoms with E-state index in [9.17, 15) is 9.18 Å². The van der Waals surface area contributed by atoms with E-state index in [1.54, 1.807) is 7.05 Å². The van der Waals surface area contributed by atoms with Crippen molar-refractivity contribution in [2.75, 3.05) is 27.8 Å². The van der Waals surface area contributed by atoms with Crippen LogP contribution in [0.15, 0.2) is 24.3 Å². The molecule has 17 heavy (non-hydrogen) atoms. The summed E-state index contributed by atoms with van der Waals surface area (Å²) in [6, 6.07) is 5.40.